The minimum absolute atomic E-state index is 0.123. The minimum atomic E-state index is 0.123. The lowest BCUT2D eigenvalue weighted by molar-refractivity contribution is 0.161. The van der Waals surface area contributed by atoms with Gasteiger partial charge in [-0.15, -0.1) is 6.42 Å². The first-order valence-electron chi connectivity index (χ1n) is 7.67. The molecule has 0 bridgehead atoms. The number of nitrogens with one attached hydrogen (secondary N) is 1. The average molecular weight is 248 g/mol. The van der Waals surface area contributed by atoms with Gasteiger partial charge in [0.1, 0.15) is 0 Å². The van der Waals surface area contributed by atoms with E-state index in [1.54, 1.807) is 0 Å². The van der Waals surface area contributed by atoms with Gasteiger partial charge < -0.3 is 5.73 Å². The van der Waals surface area contributed by atoms with Crippen molar-refractivity contribution in [1.82, 2.24) is 5.32 Å². The summed E-state index contributed by atoms with van der Waals surface area (Å²) in [5.41, 5.74) is 6.21. The van der Waals surface area contributed by atoms with E-state index in [1.807, 2.05) is 0 Å². The van der Waals surface area contributed by atoms with E-state index in [0.29, 0.717) is 0 Å². The smallest absolute Gasteiger partial charge is 0.0691 e. The normalized spacial score (nSPS) is 33.9. The molecule has 18 heavy (non-hydrogen) atoms. The second-order valence-electron chi connectivity index (χ2n) is 6.33. The summed E-state index contributed by atoms with van der Waals surface area (Å²) in [6.45, 7) is 2.92. The van der Waals surface area contributed by atoms with Crippen LogP contribution in [-0.2, 0) is 0 Å². The van der Waals surface area contributed by atoms with Crippen molar-refractivity contribution >= 4 is 0 Å². The SMILES string of the molecule is C#CC(CCC)NC1(CN)CCCC(C2CC2)C1. The highest BCUT2D eigenvalue weighted by atomic mass is 15.0. The summed E-state index contributed by atoms with van der Waals surface area (Å²) >= 11 is 0. The molecule has 2 nitrogen and oxygen atoms in total. The van der Waals surface area contributed by atoms with Crippen molar-refractivity contribution in [1.29, 1.82) is 0 Å². The van der Waals surface area contributed by atoms with E-state index in [2.05, 4.69) is 18.2 Å². The van der Waals surface area contributed by atoms with Gasteiger partial charge in [0.25, 0.3) is 0 Å². The lowest BCUT2D eigenvalue weighted by Gasteiger charge is -2.43. The van der Waals surface area contributed by atoms with Crippen LogP contribution in [0.2, 0.25) is 0 Å². The summed E-state index contributed by atoms with van der Waals surface area (Å²) in [7, 11) is 0. The topological polar surface area (TPSA) is 38.0 Å². The van der Waals surface area contributed by atoms with Gasteiger partial charge in [-0.3, -0.25) is 5.32 Å². The summed E-state index contributed by atoms with van der Waals surface area (Å²) < 4.78 is 0. The van der Waals surface area contributed by atoms with Crippen LogP contribution in [0.1, 0.15) is 58.3 Å². The van der Waals surface area contributed by atoms with E-state index in [4.69, 9.17) is 12.2 Å². The quantitative estimate of drug-likeness (QED) is 0.709. The Kier molecular flexibility index (Phi) is 4.70. The van der Waals surface area contributed by atoms with Crippen LogP contribution in [0, 0.1) is 24.2 Å². The van der Waals surface area contributed by atoms with Crippen LogP contribution in [-0.4, -0.2) is 18.1 Å². The molecule has 0 aliphatic heterocycles. The maximum atomic E-state index is 6.09. The Morgan fingerprint density at radius 2 is 2.17 bits per heavy atom. The van der Waals surface area contributed by atoms with Crippen molar-refractivity contribution in [3.8, 4) is 12.3 Å². The minimum Gasteiger partial charge on any atom is -0.329 e. The van der Waals surface area contributed by atoms with Crippen molar-refractivity contribution in [3.05, 3.63) is 0 Å². The van der Waals surface area contributed by atoms with Crippen molar-refractivity contribution in [3.63, 3.8) is 0 Å². The first kappa shape index (κ1) is 13.9. The molecule has 2 fully saturated rings. The van der Waals surface area contributed by atoms with Gasteiger partial charge in [0.15, 0.2) is 0 Å². The average Bonchev–Trinajstić information content (AvgIpc) is 3.23. The Labute approximate surface area is 112 Å². The standard InChI is InChI=1S/C16H28N2/c1-3-6-15(4-2)18-16(12-17)10-5-7-14(11-16)13-8-9-13/h2,13-15,18H,3,5-12,17H2,1H3. The van der Waals surface area contributed by atoms with Crippen LogP contribution < -0.4 is 11.1 Å². The van der Waals surface area contributed by atoms with Crippen LogP contribution in [0.3, 0.4) is 0 Å². The highest BCUT2D eigenvalue weighted by Gasteiger charge is 2.41. The third-order valence-electron chi connectivity index (χ3n) is 4.82. The Bertz CT molecular complexity index is 303. The fraction of sp³-hybridized carbons (Fsp3) is 0.875. The number of hydrogen-bond acceptors (Lipinski definition) is 2. The molecule has 0 amide bonds. The molecule has 2 heteroatoms. The molecule has 2 rings (SSSR count). The maximum absolute atomic E-state index is 6.09. The first-order chi connectivity index (χ1) is 8.73. The van der Waals surface area contributed by atoms with Crippen molar-refractivity contribution < 1.29 is 0 Å². The summed E-state index contributed by atoms with van der Waals surface area (Å²) in [5, 5.41) is 3.72. The molecule has 2 aliphatic rings. The van der Waals surface area contributed by atoms with Gasteiger partial charge in [-0.25, -0.2) is 0 Å². The zero-order valence-corrected chi connectivity index (χ0v) is 11.8. The van der Waals surface area contributed by atoms with Crippen LogP contribution in [0.5, 0.6) is 0 Å². The van der Waals surface area contributed by atoms with E-state index in [9.17, 15) is 0 Å². The van der Waals surface area contributed by atoms with E-state index in [1.165, 1.54) is 38.5 Å². The molecule has 102 valence electrons. The molecule has 0 saturated heterocycles. The highest BCUT2D eigenvalue weighted by molar-refractivity contribution is 5.06. The summed E-state index contributed by atoms with van der Waals surface area (Å²) in [5.74, 6) is 4.79. The van der Waals surface area contributed by atoms with E-state index < -0.39 is 0 Å². The molecule has 2 saturated carbocycles. The molecular formula is C16H28N2. The largest absolute Gasteiger partial charge is 0.329 e. The fourth-order valence-electron chi connectivity index (χ4n) is 3.61. The zero-order chi connectivity index (χ0) is 13.0. The molecular weight excluding hydrogens is 220 g/mol. The fourth-order valence-corrected chi connectivity index (χ4v) is 3.61. The lowest BCUT2D eigenvalue weighted by Crippen LogP contribution is -2.57. The van der Waals surface area contributed by atoms with Gasteiger partial charge in [-0.05, 0) is 43.9 Å². The molecule has 3 atom stereocenters. The molecule has 0 aromatic rings. The van der Waals surface area contributed by atoms with Crippen molar-refractivity contribution in [2.24, 2.45) is 17.6 Å². The summed E-state index contributed by atoms with van der Waals surface area (Å²) in [6.07, 6.45) is 15.9. The van der Waals surface area contributed by atoms with Gasteiger partial charge in [0, 0.05) is 12.1 Å². The molecule has 0 aromatic carbocycles. The van der Waals surface area contributed by atoms with Crippen LogP contribution in [0.25, 0.3) is 0 Å². The summed E-state index contributed by atoms with van der Waals surface area (Å²) in [6, 6.07) is 0.205. The van der Waals surface area contributed by atoms with Crippen LogP contribution in [0.15, 0.2) is 0 Å². The molecule has 0 radical (unpaired) electrons. The number of rotatable bonds is 6. The van der Waals surface area contributed by atoms with Gasteiger partial charge in [0.05, 0.1) is 6.04 Å². The molecule has 3 unspecified atom stereocenters. The van der Waals surface area contributed by atoms with Crippen molar-refractivity contribution in [2.75, 3.05) is 6.54 Å². The number of hydrogen-bond donors (Lipinski definition) is 2. The second kappa shape index (κ2) is 6.08. The van der Waals surface area contributed by atoms with Crippen LogP contribution >= 0.6 is 0 Å². The molecule has 0 heterocycles. The van der Waals surface area contributed by atoms with E-state index in [0.717, 1.165) is 31.2 Å². The van der Waals surface area contributed by atoms with Gasteiger partial charge in [-0.1, -0.05) is 32.1 Å². The second-order valence-corrected chi connectivity index (χ2v) is 6.33. The first-order valence-corrected chi connectivity index (χ1v) is 7.67. The highest BCUT2D eigenvalue weighted by Crippen LogP contribution is 2.46. The Hall–Kier alpha value is -0.520. The predicted octanol–water partition coefficient (Wildman–Crippen LogP) is 2.68. The third kappa shape index (κ3) is 3.28. The predicted molar refractivity (Wildman–Crippen MR) is 77.1 cm³/mol. The van der Waals surface area contributed by atoms with Gasteiger partial charge in [-0.2, -0.15) is 0 Å². The molecule has 3 N–H and O–H groups in total. The third-order valence-corrected chi connectivity index (χ3v) is 4.82. The molecule has 0 aromatic heterocycles. The maximum Gasteiger partial charge on any atom is 0.0691 e. The Morgan fingerprint density at radius 1 is 1.39 bits per heavy atom. The Balaban J connectivity index is 1.97. The lowest BCUT2D eigenvalue weighted by atomic mass is 9.73. The van der Waals surface area contributed by atoms with Crippen LogP contribution in [0.4, 0.5) is 0 Å². The number of terminal acetylenes is 1. The molecule has 2 aliphatic carbocycles. The zero-order valence-electron chi connectivity index (χ0n) is 11.8. The van der Waals surface area contributed by atoms with Gasteiger partial charge >= 0.3 is 0 Å². The van der Waals surface area contributed by atoms with Gasteiger partial charge in [0.2, 0.25) is 0 Å². The van der Waals surface area contributed by atoms with E-state index >= 15 is 0 Å². The summed E-state index contributed by atoms with van der Waals surface area (Å²) in [4.78, 5) is 0. The Morgan fingerprint density at radius 3 is 2.72 bits per heavy atom. The molecule has 0 spiro atoms. The monoisotopic (exact) mass is 248 g/mol. The number of nitrogens with two attached hydrogens (primary N) is 1. The van der Waals surface area contributed by atoms with E-state index in [-0.39, 0.29) is 11.6 Å². The van der Waals surface area contributed by atoms with Crippen molar-refractivity contribution in [2.45, 2.75) is 69.9 Å².